The Hall–Kier alpha value is -1.45. The van der Waals surface area contributed by atoms with Gasteiger partial charge in [0, 0.05) is 11.6 Å². The number of carbonyl (C=O) groups is 1. The van der Waals surface area contributed by atoms with Crippen LogP contribution >= 0.6 is 0 Å². The zero-order valence-electron chi connectivity index (χ0n) is 6.03. The minimum absolute atomic E-state index is 0.00144. The summed E-state index contributed by atoms with van der Waals surface area (Å²) in [5.74, 6) is -1.63. The molecule has 2 nitrogen and oxygen atoms in total. The van der Waals surface area contributed by atoms with Gasteiger partial charge in [0.25, 0.3) is 0 Å². The van der Waals surface area contributed by atoms with Gasteiger partial charge in [0.1, 0.15) is 11.6 Å². The summed E-state index contributed by atoms with van der Waals surface area (Å²) in [6.45, 7) is 0. The first kappa shape index (κ1) is 7.21. The zero-order valence-corrected chi connectivity index (χ0v) is 6.03. The van der Waals surface area contributed by atoms with Crippen LogP contribution in [0.1, 0.15) is 5.56 Å². The maximum Gasteiger partial charge on any atom is 0.228 e. The van der Waals surface area contributed by atoms with E-state index in [2.05, 4.69) is 5.32 Å². The van der Waals surface area contributed by atoms with Crippen LogP contribution in [0, 0.1) is 11.6 Å². The highest BCUT2D eigenvalue weighted by Gasteiger charge is 2.21. The second kappa shape index (κ2) is 2.27. The first-order valence-corrected chi connectivity index (χ1v) is 3.44. The van der Waals surface area contributed by atoms with Crippen molar-refractivity contribution in [2.24, 2.45) is 0 Å². The maximum absolute atomic E-state index is 12.9. The van der Waals surface area contributed by atoms with Crippen molar-refractivity contribution >= 4 is 11.6 Å². The fraction of sp³-hybridized carbons (Fsp3) is 0.125. The summed E-state index contributed by atoms with van der Waals surface area (Å²) in [6, 6.07) is 1.89. The molecule has 0 bridgehead atoms. The molecule has 1 aliphatic heterocycles. The molecule has 1 N–H and O–H groups in total. The second-order valence-corrected chi connectivity index (χ2v) is 2.64. The van der Waals surface area contributed by atoms with E-state index >= 15 is 0 Å². The van der Waals surface area contributed by atoms with Crippen molar-refractivity contribution in [2.75, 3.05) is 5.32 Å². The van der Waals surface area contributed by atoms with Crippen molar-refractivity contribution < 1.29 is 13.6 Å². The molecule has 0 atom stereocenters. The van der Waals surface area contributed by atoms with E-state index in [4.69, 9.17) is 0 Å². The smallest absolute Gasteiger partial charge is 0.228 e. The maximum atomic E-state index is 12.9. The monoisotopic (exact) mass is 169 g/mol. The van der Waals surface area contributed by atoms with Crippen LogP contribution in [0.25, 0.3) is 0 Å². The van der Waals surface area contributed by atoms with E-state index in [0.717, 1.165) is 12.1 Å². The summed E-state index contributed by atoms with van der Waals surface area (Å²) in [6.07, 6.45) is 0.00144. The fourth-order valence-electron chi connectivity index (χ4n) is 1.25. The topological polar surface area (TPSA) is 29.1 Å². The van der Waals surface area contributed by atoms with Crippen LogP contribution < -0.4 is 5.32 Å². The quantitative estimate of drug-likeness (QED) is 0.625. The highest BCUT2D eigenvalue weighted by Crippen LogP contribution is 2.26. The molecular weight excluding hydrogens is 164 g/mol. The molecular formula is C8H5F2NO. The average molecular weight is 169 g/mol. The van der Waals surface area contributed by atoms with E-state index in [1.165, 1.54) is 0 Å². The molecule has 0 saturated carbocycles. The van der Waals surface area contributed by atoms with E-state index in [1.807, 2.05) is 0 Å². The van der Waals surface area contributed by atoms with Crippen LogP contribution in [0.4, 0.5) is 14.5 Å². The molecule has 0 aliphatic carbocycles. The highest BCUT2D eigenvalue weighted by atomic mass is 19.1. The Bertz CT molecular complexity index is 362. The Morgan fingerprint density at radius 2 is 2.08 bits per heavy atom. The first-order valence-electron chi connectivity index (χ1n) is 3.44. The van der Waals surface area contributed by atoms with Crippen molar-refractivity contribution in [1.29, 1.82) is 0 Å². The van der Waals surface area contributed by atoms with E-state index in [0.29, 0.717) is 0 Å². The molecule has 4 heteroatoms. The van der Waals surface area contributed by atoms with Crippen LogP contribution in [0.15, 0.2) is 12.1 Å². The highest BCUT2D eigenvalue weighted by molar-refractivity contribution is 5.99. The summed E-state index contributed by atoms with van der Waals surface area (Å²) in [7, 11) is 0. The molecule has 1 amide bonds. The number of rotatable bonds is 0. The number of halogens is 2. The average Bonchev–Trinajstić information content (AvgIpc) is 2.29. The standard InChI is InChI=1S/C8H5F2NO/c9-4-1-6(10)5-3-8(12)11-7(5)2-4/h1-2H,3H2,(H,11,12). The summed E-state index contributed by atoms with van der Waals surface area (Å²) in [5, 5.41) is 2.36. The molecule has 0 radical (unpaired) electrons. The van der Waals surface area contributed by atoms with Crippen LogP contribution in [-0.2, 0) is 11.2 Å². The molecule has 2 rings (SSSR count). The van der Waals surface area contributed by atoms with Gasteiger partial charge in [-0.2, -0.15) is 0 Å². The van der Waals surface area contributed by atoms with Gasteiger partial charge in [0.05, 0.1) is 12.1 Å². The van der Waals surface area contributed by atoms with E-state index in [1.54, 1.807) is 0 Å². The molecule has 0 fully saturated rings. The second-order valence-electron chi connectivity index (χ2n) is 2.64. The predicted octanol–water partition coefficient (Wildman–Crippen LogP) is 1.46. The Labute approximate surface area is 67.2 Å². The Kier molecular flexibility index (Phi) is 1.36. The Morgan fingerprint density at radius 3 is 2.83 bits per heavy atom. The molecule has 12 heavy (non-hydrogen) atoms. The summed E-state index contributed by atoms with van der Waals surface area (Å²) in [5.41, 5.74) is 0.499. The van der Waals surface area contributed by atoms with Gasteiger partial charge in [-0.15, -0.1) is 0 Å². The first-order chi connectivity index (χ1) is 5.66. The molecule has 62 valence electrons. The number of benzene rings is 1. The van der Waals surface area contributed by atoms with Gasteiger partial charge in [-0.05, 0) is 6.07 Å². The number of amides is 1. The van der Waals surface area contributed by atoms with Gasteiger partial charge >= 0.3 is 0 Å². The van der Waals surface area contributed by atoms with Crippen molar-refractivity contribution in [3.05, 3.63) is 29.3 Å². The molecule has 0 spiro atoms. The number of hydrogen-bond donors (Lipinski definition) is 1. The number of anilines is 1. The van der Waals surface area contributed by atoms with Gasteiger partial charge in [0.15, 0.2) is 0 Å². The van der Waals surface area contributed by atoms with Gasteiger partial charge < -0.3 is 5.32 Å². The Morgan fingerprint density at radius 1 is 1.33 bits per heavy atom. The van der Waals surface area contributed by atoms with Gasteiger partial charge in [-0.25, -0.2) is 8.78 Å². The molecule has 0 aromatic heterocycles. The van der Waals surface area contributed by atoms with E-state index in [-0.39, 0.29) is 23.6 Å². The van der Waals surface area contributed by atoms with Crippen LogP contribution in [0.2, 0.25) is 0 Å². The molecule has 0 unspecified atom stereocenters. The zero-order chi connectivity index (χ0) is 8.72. The van der Waals surface area contributed by atoms with Crippen molar-refractivity contribution in [3.63, 3.8) is 0 Å². The Balaban J connectivity index is 2.59. The largest absolute Gasteiger partial charge is 0.325 e. The summed E-state index contributed by atoms with van der Waals surface area (Å²) in [4.78, 5) is 10.8. The van der Waals surface area contributed by atoms with Crippen LogP contribution in [0.5, 0.6) is 0 Å². The van der Waals surface area contributed by atoms with Crippen molar-refractivity contribution in [1.82, 2.24) is 0 Å². The van der Waals surface area contributed by atoms with Gasteiger partial charge in [-0.1, -0.05) is 0 Å². The van der Waals surface area contributed by atoms with E-state index < -0.39 is 11.6 Å². The van der Waals surface area contributed by atoms with Crippen molar-refractivity contribution in [2.45, 2.75) is 6.42 Å². The lowest BCUT2D eigenvalue weighted by molar-refractivity contribution is -0.115. The lowest BCUT2D eigenvalue weighted by atomic mass is 10.1. The SMILES string of the molecule is O=C1Cc2c(F)cc(F)cc2N1. The molecule has 1 heterocycles. The lowest BCUT2D eigenvalue weighted by Crippen LogP contribution is -2.03. The third kappa shape index (κ3) is 0.958. The molecule has 1 aliphatic rings. The molecule has 0 saturated heterocycles. The molecule has 1 aromatic carbocycles. The summed E-state index contributed by atoms with van der Waals surface area (Å²) < 4.78 is 25.5. The molecule has 1 aromatic rings. The van der Waals surface area contributed by atoms with Gasteiger partial charge in [-0.3, -0.25) is 4.79 Å². The van der Waals surface area contributed by atoms with Crippen LogP contribution in [0.3, 0.4) is 0 Å². The fourth-order valence-corrected chi connectivity index (χ4v) is 1.25. The predicted molar refractivity (Wildman–Crippen MR) is 38.7 cm³/mol. The minimum Gasteiger partial charge on any atom is -0.325 e. The van der Waals surface area contributed by atoms with Crippen LogP contribution in [-0.4, -0.2) is 5.91 Å². The third-order valence-electron chi connectivity index (χ3n) is 1.77. The number of fused-ring (bicyclic) bond motifs is 1. The van der Waals surface area contributed by atoms with Gasteiger partial charge in [0.2, 0.25) is 5.91 Å². The summed E-state index contributed by atoms with van der Waals surface area (Å²) >= 11 is 0. The lowest BCUT2D eigenvalue weighted by Gasteiger charge is -1.98. The minimum atomic E-state index is -0.673. The van der Waals surface area contributed by atoms with E-state index in [9.17, 15) is 13.6 Å². The number of hydrogen-bond acceptors (Lipinski definition) is 1. The third-order valence-corrected chi connectivity index (χ3v) is 1.77. The van der Waals surface area contributed by atoms with Crippen molar-refractivity contribution in [3.8, 4) is 0 Å². The normalized spacial score (nSPS) is 14.3. The number of carbonyl (C=O) groups excluding carboxylic acids is 1. The number of nitrogens with one attached hydrogen (secondary N) is 1.